The summed E-state index contributed by atoms with van der Waals surface area (Å²) >= 11 is 9.98. The molecule has 0 aromatic rings. The number of halogens is 1. The first-order valence-corrected chi connectivity index (χ1v) is 3.25. The molecule has 0 spiro atoms. The van der Waals surface area contributed by atoms with Crippen molar-refractivity contribution in [1.82, 2.24) is 10.4 Å². The van der Waals surface area contributed by atoms with Gasteiger partial charge in [0.1, 0.15) is 0 Å². The van der Waals surface area contributed by atoms with Crippen molar-refractivity contribution in [2.45, 2.75) is 6.42 Å². The van der Waals surface area contributed by atoms with Crippen molar-refractivity contribution in [3.8, 4) is 0 Å². The fourth-order valence-corrected chi connectivity index (χ4v) is 0.871. The van der Waals surface area contributed by atoms with E-state index in [4.69, 9.17) is 11.6 Å². The average Bonchev–Trinajstić information content (AvgIpc) is 2.14. The second kappa shape index (κ2) is 2.49. The van der Waals surface area contributed by atoms with Gasteiger partial charge in [-0.3, -0.25) is 15.2 Å². The highest BCUT2D eigenvalue weighted by molar-refractivity contribution is 7.83. The molecule has 5 heteroatoms. The van der Waals surface area contributed by atoms with Gasteiger partial charge < -0.3 is 0 Å². The summed E-state index contributed by atoms with van der Waals surface area (Å²) in [5.74, 6) is -0.0296. The van der Waals surface area contributed by atoms with Crippen LogP contribution in [0.15, 0.2) is 0 Å². The number of rotatable bonds is 0. The number of nitrogens with zero attached hydrogens (tertiary/aromatic N) is 1. The van der Waals surface area contributed by atoms with Crippen LogP contribution >= 0.6 is 23.8 Å². The highest BCUT2D eigenvalue weighted by Gasteiger charge is 2.18. The van der Waals surface area contributed by atoms with E-state index in [1.54, 1.807) is 0 Å². The molecular formula is C4H5ClN2OS. The summed E-state index contributed by atoms with van der Waals surface area (Å²) in [4.78, 5) is 10.5. The third kappa shape index (κ3) is 1.53. The molecule has 0 unspecified atom stereocenters. The number of amides is 1. The van der Waals surface area contributed by atoms with Crippen molar-refractivity contribution < 1.29 is 4.79 Å². The smallest absolute Gasteiger partial charge is 0.240 e. The van der Waals surface area contributed by atoms with Crippen molar-refractivity contribution in [1.29, 1.82) is 0 Å². The number of hydrogen-bond donors (Lipinski definition) is 1. The summed E-state index contributed by atoms with van der Waals surface area (Å²) in [5.41, 5.74) is 2.47. The van der Waals surface area contributed by atoms with Gasteiger partial charge in [0, 0.05) is 6.42 Å². The molecule has 1 N–H and O–H groups in total. The van der Waals surface area contributed by atoms with Crippen LogP contribution in [-0.2, 0) is 4.79 Å². The van der Waals surface area contributed by atoms with E-state index >= 15 is 0 Å². The van der Waals surface area contributed by atoms with Gasteiger partial charge in [0.05, 0.1) is 6.54 Å². The average molecular weight is 165 g/mol. The molecule has 0 bridgehead atoms. The third-order valence-corrected chi connectivity index (χ3v) is 1.46. The molecule has 0 aromatic heterocycles. The van der Waals surface area contributed by atoms with E-state index in [0.717, 1.165) is 0 Å². The second-order valence-corrected chi connectivity index (χ2v) is 2.66. The molecule has 3 nitrogen and oxygen atoms in total. The van der Waals surface area contributed by atoms with Gasteiger partial charge in [-0.15, -0.1) is 0 Å². The first kappa shape index (κ1) is 6.77. The van der Waals surface area contributed by atoms with Crippen LogP contribution in [0.5, 0.6) is 0 Å². The van der Waals surface area contributed by atoms with Crippen LogP contribution in [0.4, 0.5) is 0 Å². The Bertz CT molecular complexity index is 161. The van der Waals surface area contributed by atoms with Gasteiger partial charge in [0.15, 0.2) is 4.45 Å². The minimum atomic E-state index is -0.0296. The maximum Gasteiger partial charge on any atom is 0.240 e. The van der Waals surface area contributed by atoms with Gasteiger partial charge in [0.2, 0.25) is 5.91 Å². The van der Waals surface area contributed by atoms with Gasteiger partial charge in [-0.1, -0.05) is 11.6 Å². The molecule has 1 heterocycles. The fraction of sp³-hybridized carbons (Fsp3) is 0.500. The van der Waals surface area contributed by atoms with E-state index in [0.29, 0.717) is 13.0 Å². The molecule has 1 aliphatic rings. The molecule has 1 amide bonds. The molecule has 1 fully saturated rings. The summed E-state index contributed by atoms with van der Waals surface area (Å²) in [5, 5.41) is 1.44. The second-order valence-electron chi connectivity index (χ2n) is 1.69. The van der Waals surface area contributed by atoms with Crippen molar-refractivity contribution in [3.05, 3.63) is 0 Å². The van der Waals surface area contributed by atoms with Gasteiger partial charge in [-0.2, -0.15) is 0 Å². The van der Waals surface area contributed by atoms with E-state index in [-0.39, 0.29) is 10.4 Å². The highest BCUT2D eigenvalue weighted by Crippen LogP contribution is 2.01. The number of carbonyl (C=O) groups excluding carboxylic acids is 1. The lowest BCUT2D eigenvalue weighted by Crippen LogP contribution is -2.34. The zero-order valence-corrected chi connectivity index (χ0v) is 6.13. The molecule has 0 saturated carbocycles. The number of thiocarbonyl (C=S) groups is 1. The highest BCUT2D eigenvalue weighted by atomic mass is 35.5. The normalized spacial score (nSPS) is 17.9. The predicted molar refractivity (Wildman–Crippen MR) is 37.9 cm³/mol. The molecule has 1 rings (SSSR count). The number of nitrogens with one attached hydrogen (secondary N) is 1. The number of hydrazine groups is 1. The van der Waals surface area contributed by atoms with E-state index in [9.17, 15) is 4.79 Å². The van der Waals surface area contributed by atoms with Crippen LogP contribution < -0.4 is 5.43 Å². The molecule has 1 saturated heterocycles. The lowest BCUT2D eigenvalue weighted by molar-refractivity contribution is -0.120. The van der Waals surface area contributed by atoms with Gasteiger partial charge in [-0.05, 0) is 12.2 Å². The minimum absolute atomic E-state index is 0.0296. The lowest BCUT2D eigenvalue weighted by Gasteiger charge is -2.11. The van der Waals surface area contributed by atoms with Crippen LogP contribution in [0.25, 0.3) is 0 Å². The maximum absolute atomic E-state index is 10.5. The first-order valence-electron chi connectivity index (χ1n) is 2.46. The van der Waals surface area contributed by atoms with Crippen LogP contribution in [-0.4, -0.2) is 21.9 Å². The Hall–Kier alpha value is -0.350. The molecule has 0 atom stereocenters. The van der Waals surface area contributed by atoms with Crippen molar-refractivity contribution in [2.24, 2.45) is 0 Å². The van der Waals surface area contributed by atoms with Gasteiger partial charge in [0.25, 0.3) is 0 Å². The Morgan fingerprint density at radius 3 is 2.78 bits per heavy atom. The van der Waals surface area contributed by atoms with Crippen molar-refractivity contribution >= 4 is 34.2 Å². The van der Waals surface area contributed by atoms with Gasteiger partial charge in [-0.25, -0.2) is 0 Å². The Morgan fingerprint density at radius 2 is 2.56 bits per heavy atom. The molecule has 1 aliphatic heterocycles. The SMILES string of the molecule is O=C1CCN(C(=S)Cl)N1. The van der Waals surface area contributed by atoms with E-state index in [1.807, 2.05) is 0 Å². The quantitative estimate of drug-likeness (QED) is 0.317. The third-order valence-electron chi connectivity index (χ3n) is 1.03. The summed E-state index contributed by atoms with van der Waals surface area (Å²) in [6, 6.07) is 0. The predicted octanol–water partition coefficient (Wildman–Crippen LogP) is 0.247. The molecule has 9 heavy (non-hydrogen) atoms. The zero-order chi connectivity index (χ0) is 6.85. The maximum atomic E-state index is 10.5. The molecule has 0 aromatic carbocycles. The number of hydrogen-bond acceptors (Lipinski definition) is 2. The molecular weight excluding hydrogens is 160 g/mol. The first-order chi connectivity index (χ1) is 4.20. The fourth-order valence-electron chi connectivity index (χ4n) is 0.608. The van der Waals surface area contributed by atoms with Gasteiger partial charge >= 0.3 is 0 Å². The Morgan fingerprint density at radius 1 is 1.89 bits per heavy atom. The summed E-state index contributed by atoms with van der Waals surface area (Å²) in [6.45, 7) is 0.584. The minimum Gasteiger partial charge on any atom is -0.273 e. The molecule has 50 valence electrons. The van der Waals surface area contributed by atoms with E-state index in [1.165, 1.54) is 5.01 Å². The molecule has 0 aliphatic carbocycles. The largest absolute Gasteiger partial charge is 0.273 e. The standard InChI is InChI=1S/C4H5ClN2OS/c5-4(9)7-2-1-3(8)6-7/h1-2H2,(H,6,8). The Kier molecular flexibility index (Phi) is 1.87. The van der Waals surface area contributed by atoms with Crippen molar-refractivity contribution in [3.63, 3.8) is 0 Å². The Labute approximate surface area is 62.9 Å². The zero-order valence-electron chi connectivity index (χ0n) is 4.56. The van der Waals surface area contributed by atoms with Crippen molar-refractivity contribution in [2.75, 3.05) is 6.54 Å². The summed E-state index contributed by atoms with van der Waals surface area (Å²) < 4.78 is 0.195. The van der Waals surface area contributed by atoms with Crippen LogP contribution in [0, 0.1) is 0 Å². The Balaban J connectivity index is 2.48. The topological polar surface area (TPSA) is 32.3 Å². The summed E-state index contributed by atoms with van der Waals surface area (Å²) in [6.07, 6.45) is 0.479. The van der Waals surface area contributed by atoms with Crippen LogP contribution in [0.3, 0.4) is 0 Å². The number of carbonyl (C=O) groups is 1. The monoisotopic (exact) mass is 164 g/mol. The van der Waals surface area contributed by atoms with E-state index < -0.39 is 0 Å². The van der Waals surface area contributed by atoms with Crippen LogP contribution in [0.1, 0.15) is 6.42 Å². The van der Waals surface area contributed by atoms with Crippen LogP contribution in [0.2, 0.25) is 0 Å². The summed E-state index contributed by atoms with van der Waals surface area (Å²) in [7, 11) is 0. The lowest BCUT2D eigenvalue weighted by atomic mass is 10.4. The molecule has 0 radical (unpaired) electrons. The van der Waals surface area contributed by atoms with E-state index in [2.05, 4.69) is 17.6 Å².